The van der Waals surface area contributed by atoms with Gasteiger partial charge in [0.05, 0.1) is 41.2 Å². The summed E-state index contributed by atoms with van der Waals surface area (Å²) in [6.07, 6.45) is 7.50. The number of nitrogen functional groups attached to an aromatic ring is 2. The lowest BCUT2D eigenvalue weighted by atomic mass is 9.80. The van der Waals surface area contributed by atoms with E-state index in [0.29, 0.717) is 48.0 Å². The summed E-state index contributed by atoms with van der Waals surface area (Å²) in [5, 5.41) is 9.54. The summed E-state index contributed by atoms with van der Waals surface area (Å²) in [7, 11) is 0. The van der Waals surface area contributed by atoms with E-state index in [1.54, 1.807) is 60.7 Å². The summed E-state index contributed by atoms with van der Waals surface area (Å²) in [6.45, 7) is 6.35. The molecule has 0 radical (unpaired) electrons. The largest absolute Gasteiger partial charge is 0.494 e. The molecule has 0 spiro atoms. The third-order valence-corrected chi connectivity index (χ3v) is 9.18. The van der Waals surface area contributed by atoms with E-state index >= 15 is 0 Å². The van der Waals surface area contributed by atoms with Gasteiger partial charge in [0.15, 0.2) is 11.6 Å². The molecule has 5 N–H and O–H groups in total. The highest BCUT2D eigenvalue weighted by molar-refractivity contribution is 6.32. The van der Waals surface area contributed by atoms with Crippen LogP contribution in [0.4, 0.5) is 11.4 Å². The Labute approximate surface area is 319 Å². The smallest absolute Gasteiger partial charge is 0.343 e. The van der Waals surface area contributed by atoms with E-state index in [1.165, 1.54) is 6.07 Å². The fourth-order valence-corrected chi connectivity index (χ4v) is 6.25. The highest BCUT2D eigenvalue weighted by Crippen LogP contribution is 2.38. The molecule has 12 heteroatoms. The molecule has 55 heavy (non-hydrogen) atoms. The van der Waals surface area contributed by atoms with E-state index in [1.807, 2.05) is 0 Å². The van der Waals surface area contributed by atoms with Gasteiger partial charge in [0, 0.05) is 22.9 Å². The zero-order valence-corrected chi connectivity index (χ0v) is 30.6. The van der Waals surface area contributed by atoms with E-state index in [4.69, 9.17) is 30.4 Å². The quantitative estimate of drug-likeness (QED) is 0.0243. The molecule has 4 aromatic rings. The lowest BCUT2D eigenvalue weighted by Gasteiger charge is -2.24. The van der Waals surface area contributed by atoms with Crippen LogP contribution in [0.2, 0.25) is 0 Å². The molecule has 5 rings (SSSR count). The number of ketones is 2. The minimum Gasteiger partial charge on any atom is -0.494 e. The Kier molecular flexibility index (Phi) is 13.4. The van der Waals surface area contributed by atoms with Gasteiger partial charge in [-0.25, -0.2) is 14.4 Å². The topological polar surface area (TPSA) is 195 Å². The van der Waals surface area contributed by atoms with Crippen molar-refractivity contribution in [3.05, 3.63) is 124 Å². The second-order valence-electron chi connectivity index (χ2n) is 13.1. The molecule has 0 bridgehead atoms. The monoisotopic (exact) mass is 748 g/mol. The summed E-state index contributed by atoms with van der Waals surface area (Å²) in [5.41, 5.74) is 12.3. The number of esters is 2. The van der Waals surface area contributed by atoms with Crippen LogP contribution in [0, 0.1) is 0 Å². The van der Waals surface area contributed by atoms with Crippen LogP contribution in [-0.4, -0.2) is 47.8 Å². The van der Waals surface area contributed by atoms with Crippen molar-refractivity contribution in [1.82, 2.24) is 0 Å². The van der Waals surface area contributed by atoms with Crippen molar-refractivity contribution in [2.45, 2.75) is 64.4 Å². The van der Waals surface area contributed by atoms with Crippen LogP contribution in [0.3, 0.4) is 0 Å². The fraction of sp³-hybridized carbons (Fsp3) is 0.279. The van der Waals surface area contributed by atoms with Crippen molar-refractivity contribution in [1.29, 1.82) is 0 Å². The van der Waals surface area contributed by atoms with Gasteiger partial charge >= 0.3 is 17.9 Å². The van der Waals surface area contributed by atoms with Crippen molar-refractivity contribution < 1.29 is 48.0 Å². The van der Waals surface area contributed by atoms with Crippen LogP contribution in [0.1, 0.15) is 123 Å². The summed E-state index contributed by atoms with van der Waals surface area (Å²) in [6, 6.07) is 19.3. The Morgan fingerprint density at radius 1 is 0.764 bits per heavy atom. The molecule has 1 unspecified atom stereocenters. The lowest BCUT2D eigenvalue weighted by molar-refractivity contribution is -0.137. The first-order valence-corrected chi connectivity index (χ1v) is 18.2. The molecule has 0 saturated carbocycles. The number of ether oxygens (including phenoxy) is 4. The van der Waals surface area contributed by atoms with Crippen molar-refractivity contribution in [3.63, 3.8) is 0 Å². The number of hydrogen-bond donors (Lipinski definition) is 3. The molecular formula is C43H44N2O10. The van der Waals surface area contributed by atoms with Crippen molar-refractivity contribution >= 4 is 40.8 Å². The number of unbranched alkanes of at least 4 members (excludes halogenated alkanes) is 5. The second kappa shape index (κ2) is 18.6. The number of carbonyl (C=O) groups excluding carboxylic acids is 4. The molecular weight excluding hydrogens is 704 g/mol. The minimum absolute atomic E-state index is 0.0983. The molecule has 1 aliphatic carbocycles. The third kappa shape index (κ3) is 9.77. The SMILES string of the molecule is C=CC(=O)OCCCCCCOc1ccc(OC(=O)c2ccc(OC(CCCCC)c3ccc4c(c3)C(=O)c3c(N)cc(C(=O)O)c(N)c3C4=O)cc2)cc1. The maximum atomic E-state index is 13.7. The van der Waals surface area contributed by atoms with Crippen molar-refractivity contribution in [2.24, 2.45) is 0 Å². The summed E-state index contributed by atoms with van der Waals surface area (Å²) in [5.74, 6) is -1.93. The number of rotatable bonds is 19. The number of benzene rings is 4. The number of fused-ring (bicyclic) bond motifs is 2. The molecule has 0 fully saturated rings. The Bertz CT molecular complexity index is 2070. The number of carbonyl (C=O) groups is 5. The minimum atomic E-state index is -1.36. The van der Waals surface area contributed by atoms with E-state index in [2.05, 4.69) is 13.5 Å². The Hall–Kier alpha value is -6.43. The van der Waals surface area contributed by atoms with Gasteiger partial charge in [0.2, 0.25) is 0 Å². The summed E-state index contributed by atoms with van der Waals surface area (Å²) >= 11 is 0. The van der Waals surface area contributed by atoms with Gasteiger partial charge in [-0.05, 0) is 111 Å². The normalized spacial score (nSPS) is 12.2. The molecule has 0 saturated heterocycles. The van der Waals surface area contributed by atoms with Crippen LogP contribution >= 0.6 is 0 Å². The van der Waals surface area contributed by atoms with Crippen LogP contribution < -0.4 is 25.7 Å². The zero-order valence-electron chi connectivity index (χ0n) is 30.6. The Morgan fingerprint density at radius 2 is 1.42 bits per heavy atom. The molecule has 1 atom stereocenters. The van der Waals surface area contributed by atoms with Crippen LogP contribution in [0.15, 0.2) is 85.5 Å². The third-order valence-electron chi connectivity index (χ3n) is 9.18. The maximum Gasteiger partial charge on any atom is 0.343 e. The van der Waals surface area contributed by atoms with Gasteiger partial charge in [0.25, 0.3) is 0 Å². The van der Waals surface area contributed by atoms with Crippen molar-refractivity contribution in [2.75, 3.05) is 24.7 Å². The molecule has 0 heterocycles. The number of aromatic carboxylic acids is 1. The van der Waals surface area contributed by atoms with E-state index < -0.39 is 35.6 Å². The van der Waals surface area contributed by atoms with Gasteiger partial charge in [-0.1, -0.05) is 32.4 Å². The van der Waals surface area contributed by atoms with Gasteiger partial charge in [-0.3, -0.25) is 9.59 Å². The first-order valence-electron chi connectivity index (χ1n) is 18.2. The fourth-order valence-electron chi connectivity index (χ4n) is 6.25. The number of hydrogen-bond acceptors (Lipinski definition) is 11. The maximum absolute atomic E-state index is 13.7. The first kappa shape index (κ1) is 39.8. The average Bonchev–Trinajstić information content (AvgIpc) is 3.18. The number of nitrogens with two attached hydrogens (primary N) is 2. The molecule has 4 aromatic carbocycles. The number of carboxylic acid groups (broad SMARTS) is 1. The van der Waals surface area contributed by atoms with Crippen molar-refractivity contribution in [3.8, 4) is 17.2 Å². The van der Waals surface area contributed by atoms with Gasteiger partial charge in [-0.15, -0.1) is 0 Å². The predicted molar refractivity (Wildman–Crippen MR) is 206 cm³/mol. The molecule has 286 valence electrons. The summed E-state index contributed by atoms with van der Waals surface area (Å²) < 4.78 is 22.7. The lowest BCUT2D eigenvalue weighted by Crippen LogP contribution is -2.26. The number of anilines is 2. The standard InChI is InChI=1S/C43H44N2O10/c1-3-5-8-11-35(27-14-21-31-32(24-27)41(48)37-34(44)25-33(42(49)50)39(45)38(37)40(31)47)54-29-15-12-26(13-16-29)43(51)55-30-19-17-28(18-20-30)52-22-9-6-7-10-23-53-36(46)4-2/h4,12-21,24-25,35H,2-3,5-11,22-23,44-45H2,1H3,(H,49,50). The second-order valence-corrected chi connectivity index (χ2v) is 13.1. The summed E-state index contributed by atoms with van der Waals surface area (Å²) in [4.78, 5) is 63.0. The van der Waals surface area contributed by atoms with Gasteiger partial charge < -0.3 is 35.5 Å². The average molecular weight is 749 g/mol. The van der Waals surface area contributed by atoms with E-state index in [9.17, 15) is 29.1 Å². The van der Waals surface area contributed by atoms with Crippen LogP contribution in [0.25, 0.3) is 0 Å². The molecule has 1 aliphatic rings. The van der Waals surface area contributed by atoms with Gasteiger partial charge in [0.1, 0.15) is 23.4 Å². The number of carboxylic acids is 1. The van der Waals surface area contributed by atoms with E-state index in [0.717, 1.165) is 57.1 Å². The first-order chi connectivity index (χ1) is 26.5. The van der Waals surface area contributed by atoms with Crippen LogP contribution in [-0.2, 0) is 9.53 Å². The van der Waals surface area contributed by atoms with Crippen LogP contribution in [0.5, 0.6) is 17.2 Å². The Balaban J connectivity index is 1.20. The van der Waals surface area contributed by atoms with E-state index in [-0.39, 0.29) is 39.2 Å². The Morgan fingerprint density at radius 3 is 2.09 bits per heavy atom. The molecule has 0 aromatic heterocycles. The highest BCUT2D eigenvalue weighted by Gasteiger charge is 2.36. The predicted octanol–water partition coefficient (Wildman–Crippen LogP) is 7.91. The molecule has 0 amide bonds. The zero-order chi connectivity index (χ0) is 39.5. The highest BCUT2D eigenvalue weighted by atomic mass is 16.5. The van der Waals surface area contributed by atoms with Gasteiger partial charge in [-0.2, -0.15) is 0 Å². The molecule has 0 aliphatic heterocycles. The molecule has 12 nitrogen and oxygen atoms in total.